The van der Waals surface area contributed by atoms with E-state index in [1.807, 2.05) is 0 Å². The molecule has 2 aliphatic heterocycles. The summed E-state index contributed by atoms with van der Waals surface area (Å²) in [5, 5.41) is 3.82. The third kappa shape index (κ3) is 1.74. The van der Waals surface area contributed by atoms with Gasteiger partial charge in [-0.3, -0.25) is 0 Å². The number of halogens is 1. The fourth-order valence-corrected chi connectivity index (χ4v) is 5.02. The quantitative estimate of drug-likeness (QED) is 0.812. The van der Waals surface area contributed by atoms with E-state index < -0.39 is 21.2 Å². The Balaban J connectivity index is 1.85. The van der Waals surface area contributed by atoms with Crippen molar-refractivity contribution in [2.24, 2.45) is 5.16 Å². The van der Waals surface area contributed by atoms with Gasteiger partial charge >= 0.3 is 0 Å². The van der Waals surface area contributed by atoms with Crippen LogP contribution in [0.1, 0.15) is 17.2 Å². The zero-order valence-electron chi connectivity index (χ0n) is 10.7. The normalized spacial score (nSPS) is 24.9. The van der Waals surface area contributed by atoms with Gasteiger partial charge in [0.05, 0.1) is 4.90 Å². The molecule has 0 saturated carbocycles. The molecule has 2 aromatic rings. The first-order valence-electron chi connectivity index (χ1n) is 6.41. The Bertz CT molecular complexity index is 859. The predicted octanol–water partition coefficient (Wildman–Crippen LogP) is 2.97. The zero-order chi connectivity index (χ0) is 14.6. The van der Waals surface area contributed by atoms with Crippen molar-refractivity contribution in [3.05, 3.63) is 64.7 Å². The van der Waals surface area contributed by atoms with Gasteiger partial charge in [0.1, 0.15) is 5.71 Å². The Morgan fingerprint density at radius 3 is 2.52 bits per heavy atom. The minimum atomic E-state index is -3.48. The maximum absolute atomic E-state index is 12.7. The highest BCUT2D eigenvalue weighted by Crippen LogP contribution is 2.45. The molecule has 21 heavy (non-hydrogen) atoms. The first-order valence-corrected chi connectivity index (χ1v) is 8.34. The van der Waals surface area contributed by atoms with Crippen LogP contribution in [0.4, 0.5) is 0 Å². The van der Waals surface area contributed by atoms with Gasteiger partial charge in [0, 0.05) is 16.1 Å². The number of sulfone groups is 1. The molecule has 4 nitrogen and oxygen atoms in total. The summed E-state index contributed by atoms with van der Waals surface area (Å²) in [5.74, 6) is 0. The molecule has 0 radical (unpaired) electrons. The van der Waals surface area contributed by atoms with Crippen LogP contribution in [0.5, 0.6) is 0 Å². The molecule has 0 unspecified atom stereocenters. The largest absolute Gasteiger partial charge is 0.385 e. The molecule has 0 saturated heterocycles. The highest BCUT2D eigenvalue weighted by atomic mass is 35.5. The molecule has 0 aromatic heterocycles. The Morgan fingerprint density at radius 1 is 1.05 bits per heavy atom. The summed E-state index contributed by atoms with van der Waals surface area (Å²) in [6, 6.07) is 13.8. The van der Waals surface area contributed by atoms with Gasteiger partial charge < -0.3 is 4.84 Å². The highest BCUT2D eigenvalue weighted by Gasteiger charge is 2.53. The lowest BCUT2D eigenvalue weighted by molar-refractivity contribution is 0.0885. The van der Waals surface area contributed by atoms with Crippen LogP contribution in [-0.4, -0.2) is 19.4 Å². The van der Waals surface area contributed by atoms with Crippen LogP contribution in [0, 0.1) is 0 Å². The summed E-state index contributed by atoms with van der Waals surface area (Å²) in [6.45, 7) is 0. The van der Waals surface area contributed by atoms with E-state index >= 15 is 0 Å². The second-order valence-corrected chi connectivity index (χ2v) is 7.49. The fourth-order valence-electron chi connectivity index (χ4n) is 2.84. The second kappa shape index (κ2) is 4.32. The second-order valence-electron chi connectivity index (χ2n) is 5.01. The number of hydrogen-bond acceptors (Lipinski definition) is 4. The van der Waals surface area contributed by atoms with Crippen LogP contribution < -0.4 is 0 Å². The summed E-state index contributed by atoms with van der Waals surface area (Å²) in [7, 11) is -3.48. The standard InChI is InChI=1S/C15H10ClNO3S/c16-10-7-5-9(6-8-10)13-15-14(20-17-13)11-3-1-2-4-12(11)21(15,18)19/h1-8,14-15H/t14-,15-/m0/s1. The summed E-state index contributed by atoms with van der Waals surface area (Å²) in [5.41, 5.74) is 1.83. The van der Waals surface area contributed by atoms with Crippen molar-refractivity contribution in [2.45, 2.75) is 16.2 Å². The van der Waals surface area contributed by atoms with Crippen LogP contribution >= 0.6 is 11.6 Å². The number of nitrogens with zero attached hydrogens (tertiary/aromatic N) is 1. The first-order chi connectivity index (χ1) is 10.1. The molecule has 0 amide bonds. The molecule has 0 spiro atoms. The van der Waals surface area contributed by atoms with Gasteiger partial charge in [0.2, 0.25) is 0 Å². The van der Waals surface area contributed by atoms with Gasteiger partial charge in [-0.15, -0.1) is 0 Å². The van der Waals surface area contributed by atoms with Crippen molar-refractivity contribution in [1.82, 2.24) is 0 Å². The molecular weight excluding hydrogens is 310 g/mol. The number of rotatable bonds is 1. The van der Waals surface area contributed by atoms with E-state index in [1.165, 1.54) is 0 Å². The number of hydrogen-bond donors (Lipinski definition) is 0. The van der Waals surface area contributed by atoms with Crippen molar-refractivity contribution in [1.29, 1.82) is 0 Å². The molecule has 6 heteroatoms. The van der Waals surface area contributed by atoms with Crippen LogP contribution in [0.3, 0.4) is 0 Å². The van der Waals surface area contributed by atoms with Crippen molar-refractivity contribution >= 4 is 27.1 Å². The maximum atomic E-state index is 12.7. The Labute approximate surface area is 126 Å². The van der Waals surface area contributed by atoms with Crippen molar-refractivity contribution in [2.75, 3.05) is 0 Å². The van der Waals surface area contributed by atoms with Crippen molar-refractivity contribution in [3.63, 3.8) is 0 Å². The monoisotopic (exact) mass is 319 g/mol. The average molecular weight is 320 g/mol. The van der Waals surface area contributed by atoms with E-state index in [2.05, 4.69) is 5.16 Å². The van der Waals surface area contributed by atoms with Gasteiger partial charge in [-0.05, 0) is 18.2 Å². The number of benzene rings is 2. The van der Waals surface area contributed by atoms with E-state index in [4.69, 9.17) is 16.4 Å². The molecule has 2 atom stereocenters. The number of fused-ring (bicyclic) bond motifs is 3. The summed E-state index contributed by atoms with van der Waals surface area (Å²) in [4.78, 5) is 5.75. The molecule has 0 fully saturated rings. The Morgan fingerprint density at radius 2 is 1.76 bits per heavy atom. The molecule has 106 valence electrons. The van der Waals surface area contributed by atoms with E-state index in [0.717, 1.165) is 0 Å². The molecule has 0 aliphatic carbocycles. The maximum Gasteiger partial charge on any atom is 0.191 e. The zero-order valence-corrected chi connectivity index (χ0v) is 12.3. The third-order valence-electron chi connectivity index (χ3n) is 3.82. The number of oxime groups is 1. The molecule has 2 aromatic carbocycles. The summed E-state index contributed by atoms with van der Waals surface area (Å²) in [6.07, 6.45) is -0.558. The van der Waals surface area contributed by atoms with Crippen LogP contribution in [-0.2, 0) is 14.7 Å². The molecule has 2 heterocycles. The highest BCUT2D eigenvalue weighted by molar-refractivity contribution is 7.93. The van der Waals surface area contributed by atoms with Crippen molar-refractivity contribution < 1.29 is 13.3 Å². The van der Waals surface area contributed by atoms with E-state index in [-0.39, 0.29) is 0 Å². The molecule has 4 rings (SSSR count). The van der Waals surface area contributed by atoms with Crippen molar-refractivity contribution in [3.8, 4) is 0 Å². The lowest BCUT2D eigenvalue weighted by Gasteiger charge is -2.09. The van der Waals surface area contributed by atoms with Crippen LogP contribution in [0.15, 0.2) is 58.6 Å². The van der Waals surface area contributed by atoms with Gasteiger partial charge in [-0.2, -0.15) is 0 Å². The first kappa shape index (κ1) is 12.9. The summed E-state index contributed by atoms with van der Waals surface area (Å²) >= 11 is 5.87. The van der Waals surface area contributed by atoms with Crippen LogP contribution in [0.2, 0.25) is 5.02 Å². The lowest BCUT2D eigenvalue weighted by atomic mass is 10.0. The molecule has 0 N–H and O–H groups in total. The van der Waals surface area contributed by atoms with Gasteiger partial charge in [-0.25, -0.2) is 8.42 Å². The minimum absolute atomic E-state index is 0.335. The Kier molecular flexibility index (Phi) is 2.65. The third-order valence-corrected chi connectivity index (χ3v) is 6.19. The molecule has 0 bridgehead atoms. The van der Waals surface area contributed by atoms with E-state index in [9.17, 15) is 8.42 Å². The van der Waals surface area contributed by atoms with Gasteiger partial charge in [-0.1, -0.05) is 47.1 Å². The molecular formula is C15H10ClNO3S. The van der Waals surface area contributed by atoms with Crippen LogP contribution in [0.25, 0.3) is 0 Å². The van der Waals surface area contributed by atoms with E-state index in [0.29, 0.717) is 26.8 Å². The SMILES string of the molecule is O=S1(=O)c2ccccc2[C@@H]2ON=C(c3ccc(Cl)cc3)[C@@H]21. The van der Waals surface area contributed by atoms with Gasteiger partial charge in [0.15, 0.2) is 21.2 Å². The molecule has 2 aliphatic rings. The summed E-state index contributed by atoms with van der Waals surface area (Å²) < 4.78 is 25.5. The average Bonchev–Trinajstić information content (AvgIpc) is 3.01. The minimum Gasteiger partial charge on any atom is -0.385 e. The lowest BCUT2D eigenvalue weighted by Crippen LogP contribution is -2.27. The van der Waals surface area contributed by atoms with Gasteiger partial charge in [0.25, 0.3) is 0 Å². The topological polar surface area (TPSA) is 55.7 Å². The predicted molar refractivity (Wildman–Crippen MR) is 79.2 cm³/mol. The fraction of sp³-hybridized carbons (Fsp3) is 0.133. The Hall–Kier alpha value is -1.85. The smallest absolute Gasteiger partial charge is 0.191 e. The van der Waals surface area contributed by atoms with E-state index in [1.54, 1.807) is 48.5 Å².